The molecule has 0 spiro atoms. The second-order valence-corrected chi connectivity index (χ2v) is 1.37. The third-order valence-corrected chi connectivity index (χ3v) is 0.714. The van der Waals surface area contributed by atoms with Crippen LogP contribution in [0.15, 0.2) is 0 Å². The number of aliphatic hydroxyl groups excluding tert-OH is 1. The summed E-state index contributed by atoms with van der Waals surface area (Å²) in [7, 11) is 0. The van der Waals surface area contributed by atoms with E-state index in [1.165, 1.54) is 0 Å². The molecule has 0 radical (unpaired) electrons. The lowest BCUT2D eigenvalue weighted by Gasteiger charge is -2.00. The van der Waals surface area contributed by atoms with E-state index in [1.807, 2.05) is 0 Å². The molecule has 3 heteroatoms. The molecule has 0 rings (SSSR count). The van der Waals surface area contributed by atoms with Crippen LogP contribution in [0.5, 0.6) is 0 Å². The van der Waals surface area contributed by atoms with Gasteiger partial charge >= 0.3 is 0 Å². The monoisotopic (exact) mass is 107 g/mol. The Balaban J connectivity index is 2.83. The highest BCUT2D eigenvalue weighted by Gasteiger charge is 1.96. The van der Waals surface area contributed by atoms with Gasteiger partial charge in [0.2, 0.25) is 0 Å². The average Bonchev–Trinajstić information content (AvgIpc) is 1.68. The van der Waals surface area contributed by atoms with Gasteiger partial charge < -0.3 is 10.8 Å². The lowest BCUT2D eigenvalue weighted by Crippen LogP contribution is -2.19. The Morgan fingerprint density at radius 3 is 2.43 bits per heavy atom. The summed E-state index contributed by atoms with van der Waals surface area (Å²) in [5, 5.41) is 8.49. The highest BCUT2D eigenvalue weighted by molar-refractivity contribution is 4.52. The summed E-state index contributed by atoms with van der Waals surface area (Å²) >= 11 is 0. The van der Waals surface area contributed by atoms with Gasteiger partial charge in [0, 0.05) is 13.0 Å². The molecule has 0 aromatic heterocycles. The molecule has 0 amide bonds. The molecular weight excluding hydrogens is 97.0 g/mol. The van der Waals surface area contributed by atoms with Crippen molar-refractivity contribution in [3.05, 3.63) is 0 Å². The maximum absolute atomic E-state index is 11.2. The van der Waals surface area contributed by atoms with Crippen LogP contribution in [-0.2, 0) is 0 Å². The molecule has 0 fully saturated rings. The zero-order valence-corrected chi connectivity index (χ0v) is 4.10. The molecule has 0 aliphatic rings. The molecule has 0 saturated heterocycles. The summed E-state index contributed by atoms with van der Waals surface area (Å²) in [5.41, 5.74) is 4.94. The van der Waals surface area contributed by atoms with E-state index in [9.17, 15) is 4.39 Å². The van der Waals surface area contributed by atoms with Gasteiger partial charge in [-0.05, 0) is 0 Å². The first-order valence-corrected chi connectivity index (χ1v) is 2.25. The molecular formula is C4H10FNO. The van der Waals surface area contributed by atoms with E-state index >= 15 is 0 Å². The van der Waals surface area contributed by atoms with Crippen molar-refractivity contribution in [3.8, 4) is 0 Å². The third kappa shape index (κ3) is 3.69. The Kier molecular flexibility index (Phi) is 3.93. The standard InChI is InChI=1S/C4H10FNO/c5-2-1-4(7)3-6/h4,7H,1-3,6H2/t4-/m0/s1. The molecule has 3 N–H and O–H groups in total. The van der Waals surface area contributed by atoms with E-state index in [4.69, 9.17) is 10.8 Å². The van der Waals surface area contributed by atoms with Gasteiger partial charge in [0.05, 0.1) is 12.8 Å². The maximum Gasteiger partial charge on any atom is 0.0919 e. The first-order chi connectivity index (χ1) is 3.31. The molecule has 7 heavy (non-hydrogen) atoms. The summed E-state index contributed by atoms with van der Waals surface area (Å²) in [4.78, 5) is 0. The normalized spacial score (nSPS) is 14.1. The van der Waals surface area contributed by atoms with Gasteiger partial charge in [0.1, 0.15) is 0 Å². The molecule has 0 saturated carbocycles. The molecule has 0 aromatic carbocycles. The smallest absolute Gasteiger partial charge is 0.0919 e. The average molecular weight is 107 g/mol. The minimum absolute atomic E-state index is 0.157. The van der Waals surface area contributed by atoms with E-state index in [0.717, 1.165) is 0 Å². The highest BCUT2D eigenvalue weighted by atomic mass is 19.1. The van der Waals surface area contributed by atoms with Crippen molar-refractivity contribution in [3.63, 3.8) is 0 Å². The van der Waals surface area contributed by atoms with E-state index in [-0.39, 0.29) is 13.0 Å². The van der Waals surface area contributed by atoms with Crippen LogP contribution >= 0.6 is 0 Å². The van der Waals surface area contributed by atoms with Crippen molar-refractivity contribution in [1.82, 2.24) is 0 Å². The third-order valence-electron chi connectivity index (χ3n) is 0.714. The predicted molar refractivity (Wildman–Crippen MR) is 25.7 cm³/mol. The number of nitrogens with two attached hydrogens (primary N) is 1. The molecule has 0 aliphatic carbocycles. The van der Waals surface area contributed by atoms with Crippen LogP contribution in [0.1, 0.15) is 6.42 Å². The number of hydrogen-bond acceptors (Lipinski definition) is 2. The fraction of sp³-hybridized carbons (Fsp3) is 1.00. The first-order valence-electron chi connectivity index (χ1n) is 2.25. The van der Waals surface area contributed by atoms with E-state index in [1.54, 1.807) is 0 Å². The van der Waals surface area contributed by atoms with E-state index in [0.29, 0.717) is 0 Å². The number of aliphatic hydroxyl groups is 1. The lowest BCUT2D eigenvalue weighted by molar-refractivity contribution is 0.161. The van der Waals surface area contributed by atoms with Crippen molar-refractivity contribution in [2.45, 2.75) is 12.5 Å². The van der Waals surface area contributed by atoms with Gasteiger partial charge in [-0.25, -0.2) is 0 Å². The predicted octanol–water partition coefficient (Wildman–Crippen LogP) is -0.334. The van der Waals surface area contributed by atoms with Crippen molar-refractivity contribution in [2.24, 2.45) is 5.73 Å². The summed E-state index contributed by atoms with van der Waals surface area (Å²) in [6.07, 6.45) is -0.485. The van der Waals surface area contributed by atoms with Gasteiger partial charge in [-0.3, -0.25) is 4.39 Å². The van der Waals surface area contributed by atoms with Crippen molar-refractivity contribution in [2.75, 3.05) is 13.2 Å². The minimum atomic E-state index is -0.648. The Labute approximate surface area is 42.1 Å². The van der Waals surface area contributed by atoms with Crippen molar-refractivity contribution < 1.29 is 9.50 Å². The summed E-state index contributed by atoms with van der Waals surface area (Å²) in [6.45, 7) is -0.331. The first kappa shape index (κ1) is 6.85. The number of halogens is 1. The van der Waals surface area contributed by atoms with Crippen LogP contribution in [-0.4, -0.2) is 24.4 Å². The molecule has 44 valence electrons. The zero-order valence-electron chi connectivity index (χ0n) is 4.10. The number of hydrogen-bond donors (Lipinski definition) is 2. The zero-order chi connectivity index (χ0) is 5.70. The summed E-state index contributed by atoms with van der Waals surface area (Å²) < 4.78 is 11.2. The van der Waals surface area contributed by atoms with Gasteiger partial charge in [-0.15, -0.1) is 0 Å². The van der Waals surface area contributed by atoms with E-state index < -0.39 is 12.8 Å². The van der Waals surface area contributed by atoms with Gasteiger partial charge in [-0.1, -0.05) is 0 Å². The molecule has 2 nitrogen and oxygen atoms in total. The van der Waals surface area contributed by atoms with Gasteiger partial charge in [-0.2, -0.15) is 0 Å². The van der Waals surface area contributed by atoms with Crippen LogP contribution in [0.3, 0.4) is 0 Å². The van der Waals surface area contributed by atoms with Crippen LogP contribution in [0.25, 0.3) is 0 Å². The summed E-state index contributed by atoms with van der Waals surface area (Å²) in [6, 6.07) is 0. The van der Waals surface area contributed by atoms with Crippen LogP contribution in [0, 0.1) is 0 Å². The van der Waals surface area contributed by atoms with E-state index in [2.05, 4.69) is 0 Å². The molecule has 0 aromatic rings. The second-order valence-electron chi connectivity index (χ2n) is 1.37. The lowest BCUT2D eigenvalue weighted by atomic mass is 10.3. The quantitative estimate of drug-likeness (QED) is 0.518. The van der Waals surface area contributed by atoms with Crippen LogP contribution < -0.4 is 5.73 Å². The Morgan fingerprint density at radius 2 is 2.29 bits per heavy atom. The van der Waals surface area contributed by atoms with Gasteiger partial charge in [0.15, 0.2) is 0 Å². The Hall–Kier alpha value is -0.150. The largest absolute Gasteiger partial charge is 0.392 e. The molecule has 0 bridgehead atoms. The number of alkyl halides is 1. The minimum Gasteiger partial charge on any atom is -0.392 e. The Morgan fingerprint density at radius 1 is 1.71 bits per heavy atom. The number of rotatable bonds is 3. The van der Waals surface area contributed by atoms with Crippen molar-refractivity contribution >= 4 is 0 Å². The second kappa shape index (κ2) is 4.02. The van der Waals surface area contributed by atoms with Crippen molar-refractivity contribution in [1.29, 1.82) is 0 Å². The molecule has 1 atom stereocenters. The molecule has 0 heterocycles. The van der Waals surface area contributed by atoms with Crippen LogP contribution in [0.4, 0.5) is 4.39 Å². The van der Waals surface area contributed by atoms with Gasteiger partial charge in [0.25, 0.3) is 0 Å². The maximum atomic E-state index is 11.2. The molecule has 0 aliphatic heterocycles. The Bertz CT molecular complexity index is 42.7. The SMILES string of the molecule is NC[C@@H](O)CCF. The highest BCUT2D eigenvalue weighted by Crippen LogP contribution is 1.86. The fourth-order valence-electron chi connectivity index (χ4n) is 0.244. The summed E-state index contributed by atoms with van der Waals surface area (Å²) in [5.74, 6) is 0. The van der Waals surface area contributed by atoms with Crippen LogP contribution in [0.2, 0.25) is 0 Å². The topological polar surface area (TPSA) is 46.2 Å². The fourth-order valence-corrected chi connectivity index (χ4v) is 0.244. The molecule has 0 unspecified atom stereocenters.